The van der Waals surface area contributed by atoms with E-state index in [0.717, 1.165) is 19.3 Å². The van der Waals surface area contributed by atoms with Crippen molar-refractivity contribution in [1.29, 1.82) is 0 Å². The van der Waals surface area contributed by atoms with Crippen LogP contribution in [0.25, 0.3) is 0 Å². The normalized spacial score (nSPS) is 14.1. The number of amides is 1. The van der Waals surface area contributed by atoms with Crippen LogP contribution in [0.5, 0.6) is 0 Å². The summed E-state index contributed by atoms with van der Waals surface area (Å²) in [6.45, 7) is 15.0. The van der Waals surface area contributed by atoms with Crippen LogP contribution < -0.4 is 5.32 Å². The molecule has 34 heavy (non-hydrogen) atoms. The van der Waals surface area contributed by atoms with Gasteiger partial charge in [-0.05, 0) is 77.2 Å². The molecule has 2 atom stereocenters. The SMILES string of the molecule is C[C@H](NC(=O)OC(C)(C)C)C(CCCCC(C)(C)[Si](C)(C)O)OC(=O)c1ccc([N+](=O)[O-])cc1. The number of nitrogens with one attached hydrogen (secondary N) is 1. The van der Waals surface area contributed by atoms with Gasteiger partial charge in [0.1, 0.15) is 11.7 Å². The van der Waals surface area contributed by atoms with E-state index in [9.17, 15) is 24.5 Å². The van der Waals surface area contributed by atoms with Gasteiger partial charge >= 0.3 is 12.1 Å². The highest BCUT2D eigenvalue weighted by molar-refractivity contribution is 6.72. The van der Waals surface area contributed by atoms with E-state index < -0.39 is 43.1 Å². The van der Waals surface area contributed by atoms with Crippen molar-refractivity contribution < 1.29 is 28.8 Å². The van der Waals surface area contributed by atoms with Crippen LogP contribution in [0.15, 0.2) is 24.3 Å². The molecule has 0 spiro atoms. The Hall–Kier alpha value is -2.46. The number of esters is 1. The summed E-state index contributed by atoms with van der Waals surface area (Å²) in [5.74, 6) is -0.623. The van der Waals surface area contributed by atoms with Gasteiger partial charge < -0.3 is 19.6 Å². The lowest BCUT2D eigenvalue weighted by Crippen LogP contribution is -2.45. The van der Waals surface area contributed by atoms with Crippen LogP contribution >= 0.6 is 0 Å². The molecule has 0 aliphatic heterocycles. The average Bonchev–Trinajstić information content (AvgIpc) is 2.67. The lowest BCUT2D eigenvalue weighted by molar-refractivity contribution is -0.384. The molecule has 0 aliphatic rings. The highest BCUT2D eigenvalue weighted by Crippen LogP contribution is 2.40. The molecule has 0 aliphatic carbocycles. The van der Waals surface area contributed by atoms with Crippen LogP contribution in [0.2, 0.25) is 18.1 Å². The molecule has 1 aromatic rings. The smallest absolute Gasteiger partial charge is 0.407 e. The number of non-ortho nitro benzene ring substituents is 1. The molecule has 10 heteroatoms. The maximum Gasteiger partial charge on any atom is 0.407 e. The molecule has 2 N–H and O–H groups in total. The first-order valence-corrected chi connectivity index (χ1v) is 14.5. The zero-order chi connectivity index (χ0) is 26.3. The summed E-state index contributed by atoms with van der Waals surface area (Å²) in [6, 6.07) is 4.67. The second kappa shape index (κ2) is 11.8. The number of hydrogen-bond acceptors (Lipinski definition) is 7. The quantitative estimate of drug-likeness (QED) is 0.135. The van der Waals surface area contributed by atoms with Gasteiger partial charge in [0.05, 0.1) is 16.5 Å². The van der Waals surface area contributed by atoms with Crippen molar-refractivity contribution in [2.45, 2.75) is 103 Å². The number of carbonyl (C=O) groups excluding carboxylic acids is 2. The number of nitro groups is 1. The van der Waals surface area contributed by atoms with E-state index >= 15 is 0 Å². The number of nitro benzene ring substituents is 1. The third kappa shape index (κ3) is 9.80. The first-order valence-electron chi connectivity index (χ1n) is 11.6. The summed E-state index contributed by atoms with van der Waals surface area (Å²) in [5.41, 5.74) is -0.596. The van der Waals surface area contributed by atoms with Crippen LogP contribution in [-0.2, 0) is 9.47 Å². The summed E-state index contributed by atoms with van der Waals surface area (Å²) in [7, 11) is -2.32. The molecule has 0 saturated heterocycles. The van der Waals surface area contributed by atoms with Gasteiger partial charge in [0.15, 0.2) is 8.32 Å². The fourth-order valence-electron chi connectivity index (χ4n) is 3.14. The van der Waals surface area contributed by atoms with Crippen LogP contribution in [0, 0.1) is 10.1 Å². The molecule has 192 valence electrons. The molecule has 0 fully saturated rings. The predicted molar refractivity (Wildman–Crippen MR) is 133 cm³/mol. The maximum atomic E-state index is 12.7. The van der Waals surface area contributed by atoms with Crippen molar-refractivity contribution in [2.24, 2.45) is 0 Å². The third-order valence-electron chi connectivity index (χ3n) is 6.07. The Balaban J connectivity index is 2.88. The number of rotatable bonds is 11. The fraction of sp³-hybridized carbons (Fsp3) is 0.667. The van der Waals surface area contributed by atoms with Gasteiger partial charge in [-0.15, -0.1) is 0 Å². The molecular weight excluding hydrogens is 456 g/mol. The number of ether oxygens (including phenoxy) is 2. The van der Waals surface area contributed by atoms with E-state index in [2.05, 4.69) is 19.2 Å². The molecule has 1 amide bonds. The van der Waals surface area contributed by atoms with Gasteiger partial charge in [-0.3, -0.25) is 10.1 Å². The van der Waals surface area contributed by atoms with E-state index in [1.165, 1.54) is 24.3 Å². The lowest BCUT2D eigenvalue weighted by atomic mass is 10.00. The fourth-order valence-corrected chi connectivity index (χ4v) is 3.93. The number of benzene rings is 1. The standard InChI is InChI=1S/C24H40N2O7Si/c1-17(25-22(28)33-23(2,3)4)20(11-9-10-16-24(5,6)34(7,8)31)32-21(27)18-12-14-19(15-13-18)26(29)30/h12-15,17,20,31H,9-11,16H2,1-8H3,(H,25,28)/t17-,20?/m0/s1. The van der Waals surface area contributed by atoms with E-state index in [1.54, 1.807) is 27.7 Å². The Morgan fingerprint density at radius 1 is 1.12 bits per heavy atom. The molecule has 1 aromatic carbocycles. The molecule has 9 nitrogen and oxygen atoms in total. The van der Waals surface area contributed by atoms with Crippen LogP contribution in [0.3, 0.4) is 0 Å². The molecule has 1 rings (SSSR count). The Kier molecular flexibility index (Phi) is 10.3. The van der Waals surface area contributed by atoms with Crippen molar-refractivity contribution in [3.8, 4) is 0 Å². The monoisotopic (exact) mass is 496 g/mol. The van der Waals surface area contributed by atoms with Gasteiger partial charge in [-0.2, -0.15) is 0 Å². The first kappa shape index (κ1) is 29.6. The van der Waals surface area contributed by atoms with E-state index in [0.29, 0.717) is 6.42 Å². The highest BCUT2D eigenvalue weighted by atomic mass is 28.4. The summed E-state index contributed by atoms with van der Waals surface area (Å²) < 4.78 is 11.0. The average molecular weight is 497 g/mol. The van der Waals surface area contributed by atoms with Gasteiger partial charge in [0.2, 0.25) is 0 Å². The summed E-state index contributed by atoms with van der Waals surface area (Å²) >= 11 is 0. The zero-order valence-corrected chi connectivity index (χ0v) is 22.6. The van der Waals surface area contributed by atoms with Crippen molar-refractivity contribution >= 4 is 26.1 Å². The van der Waals surface area contributed by atoms with Gasteiger partial charge in [0.25, 0.3) is 5.69 Å². The van der Waals surface area contributed by atoms with Gasteiger partial charge in [0, 0.05) is 12.1 Å². The van der Waals surface area contributed by atoms with Crippen molar-refractivity contribution in [2.75, 3.05) is 0 Å². The van der Waals surface area contributed by atoms with E-state index in [4.69, 9.17) is 9.47 Å². The molecular formula is C24H40N2O7Si. The van der Waals surface area contributed by atoms with E-state index in [-0.39, 0.29) is 16.3 Å². The number of hydrogen-bond donors (Lipinski definition) is 2. The highest BCUT2D eigenvalue weighted by Gasteiger charge is 2.37. The minimum Gasteiger partial charge on any atom is -0.457 e. The maximum absolute atomic E-state index is 12.7. The minimum absolute atomic E-state index is 0.119. The topological polar surface area (TPSA) is 128 Å². The predicted octanol–water partition coefficient (Wildman–Crippen LogP) is 5.57. The second-order valence-corrected chi connectivity index (χ2v) is 15.3. The Morgan fingerprint density at radius 3 is 2.15 bits per heavy atom. The largest absolute Gasteiger partial charge is 0.457 e. The van der Waals surface area contributed by atoms with Crippen LogP contribution in [0.1, 0.15) is 77.6 Å². The number of alkyl carbamates (subject to hydrolysis) is 1. The molecule has 0 heterocycles. The van der Waals surface area contributed by atoms with Crippen LogP contribution in [-0.4, -0.2) is 47.8 Å². The lowest BCUT2D eigenvalue weighted by Gasteiger charge is -2.35. The number of unbranched alkanes of at least 4 members (excludes halogenated alkanes) is 1. The summed E-state index contributed by atoms with van der Waals surface area (Å²) in [4.78, 5) is 45.8. The van der Waals surface area contributed by atoms with Crippen molar-refractivity contribution in [1.82, 2.24) is 5.32 Å². The summed E-state index contributed by atoms with van der Waals surface area (Å²) in [6.07, 6.45) is 1.66. The molecule has 0 saturated carbocycles. The third-order valence-corrected chi connectivity index (χ3v) is 9.63. The second-order valence-electron chi connectivity index (χ2n) is 10.9. The molecule has 0 aromatic heterocycles. The Bertz CT molecular complexity index is 842. The number of nitrogens with zero attached hydrogens (tertiary/aromatic N) is 1. The van der Waals surface area contributed by atoms with Crippen LogP contribution in [0.4, 0.5) is 10.5 Å². The Morgan fingerprint density at radius 2 is 1.68 bits per heavy atom. The van der Waals surface area contributed by atoms with Gasteiger partial charge in [-0.25, -0.2) is 9.59 Å². The molecule has 0 radical (unpaired) electrons. The summed E-state index contributed by atoms with van der Waals surface area (Å²) in [5, 5.41) is 13.4. The minimum atomic E-state index is -2.32. The molecule has 0 bridgehead atoms. The van der Waals surface area contributed by atoms with E-state index in [1.807, 2.05) is 13.1 Å². The van der Waals surface area contributed by atoms with Gasteiger partial charge in [-0.1, -0.05) is 20.3 Å². The van der Waals surface area contributed by atoms with Crippen molar-refractivity contribution in [3.63, 3.8) is 0 Å². The zero-order valence-electron chi connectivity index (χ0n) is 21.6. The molecule has 1 unspecified atom stereocenters. The Labute approximate surface area is 203 Å². The van der Waals surface area contributed by atoms with Crippen molar-refractivity contribution in [3.05, 3.63) is 39.9 Å². The number of carbonyl (C=O) groups is 2. The first-order chi connectivity index (χ1) is 15.4.